The van der Waals surface area contributed by atoms with Gasteiger partial charge in [-0.3, -0.25) is 9.69 Å². The van der Waals surface area contributed by atoms with Crippen LogP contribution in [0.15, 0.2) is 0 Å². The fourth-order valence-corrected chi connectivity index (χ4v) is 1.45. The van der Waals surface area contributed by atoms with Crippen LogP contribution in [-0.4, -0.2) is 30.3 Å². The van der Waals surface area contributed by atoms with Gasteiger partial charge in [0, 0.05) is 12.5 Å². The Hall–Kier alpha value is -0.0800. The van der Waals surface area contributed by atoms with Crippen molar-refractivity contribution in [1.82, 2.24) is 4.90 Å². The molecule has 2 atom stereocenters. The third-order valence-electron chi connectivity index (χ3n) is 2.49. The van der Waals surface area contributed by atoms with Gasteiger partial charge in [0.25, 0.3) is 0 Å². The Labute approximate surface area is 74.4 Å². The third kappa shape index (κ3) is 2.46. The Morgan fingerprint density at radius 2 is 2.00 bits per heavy atom. The molecule has 0 saturated carbocycles. The molecule has 1 rings (SSSR count). The molecule has 0 bridgehead atoms. The lowest BCUT2D eigenvalue weighted by molar-refractivity contribution is -0.124. The summed E-state index contributed by atoms with van der Waals surface area (Å²) in [6.07, 6.45) is 0.769. The molecule has 0 radical (unpaired) electrons. The number of halogens is 1. The van der Waals surface area contributed by atoms with Gasteiger partial charge >= 0.3 is 0 Å². The summed E-state index contributed by atoms with van der Waals surface area (Å²) in [6.45, 7) is 4.96. The van der Waals surface area contributed by atoms with E-state index in [4.69, 9.17) is 0 Å². The average Bonchev–Trinajstić information content (AvgIpc) is 1.82. The second-order valence-electron chi connectivity index (χ2n) is 3.38. The lowest BCUT2D eigenvalue weighted by Crippen LogP contribution is -2.44. The first-order valence-electron chi connectivity index (χ1n) is 3.83. The minimum atomic E-state index is 0. The number of piperidine rings is 1. The molecule has 0 aromatic carbocycles. The van der Waals surface area contributed by atoms with Crippen molar-refractivity contribution in [1.29, 1.82) is 0 Å². The van der Waals surface area contributed by atoms with Gasteiger partial charge < -0.3 is 0 Å². The topological polar surface area (TPSA) is 20.3 Å². The van der Waals surface area contributed by atoms with Gasteiger partial charge in [-0.2, -0.15) is 0 Å². The van der Waals surface area contributed by atoms with Gasteiger partial charge in [-0.25, -0.2) is 0 Å². The fraction of sp³-hybridized carbons (Fsp3) is 0.875. The summed E-state index contributed by atoms with van der Waals surface area (Å²) in [7, 11) is 2.01. The molecule has 3 heteroatoms. The largest absolute Gasteiger partial charge is 0.298 e. The van der Waals surface area contributed by atoms with Crippen LogP contribution in [-0.2, 0) is 4.79 Å². The van der Waals surface area contributed by atoms with Crippen molar-refractivity contribution in [2.24, 2.45) is 5.92 Å². The first-order valence-corrected chi connectivity index (χ1v) is 3.83. The Bertz CT molecular complexity index is 135. The van der Waals surface area contributed by atoms with Crippen molar-refractivity contribution >= 4 is 18.2 Å². The standard InChI is InChI=1S/C8H15NO.ClH/c1-6-4-8(10)5-9(3)7(6)2;/h6-7H,4-5H2,1-3H3;1H. The number of likely N-dealkylation sites (N-methyl/N-ethyl adjacent to an activating group) is 1. The van der Waals surface area contributed by atoms with Gasteiger partial charge in [0.15, 0.2) is 0 Å². The van der Waals surface area contributed by atoms with E-state index < -0.39 is 0 Å². The molecule has 0 N–H and O–H groups in total. The van der Waals surface area contributed by atoms with E-state index in [1.807, 2.05) is 7.05 Å². The van der Waals surface area contributed by atoms with Gasteiger partial charge in [-0.1, -0.05) is 6.92 Å². The van der Waals surface area contributed by atoms with Crippen molar-refractivity contribution in [3.63, 3.8) is 0 Å². The highest BCUT2D eigenvalue weighted by Crippen LogP contribution is 2.18. The van der Waals surface area contributed by atoms with Gasteiger partial charge in [0.05, 0.1) is 6.54 Å². The smallest absolute Gasteiger partial charge is 0.147 e. The SMILES string of the molecule is CC1CC(=O)CN(C)C1C.Cl. The lowest BCUT2D eigenvalue weighted by atomic mass is 9.92. The molecule has 0 aliphatic carbocycles. The Morgan fingerprint density at radius 3 is 2.45 bits per heavy atom. The van der Waals surface area contributed by atoms with Crippen molar-refractivity contribution in [2.45, 2.75) is 26.3 Å². The van der Waals surface area contributed by atoms with Gasteiger partial charge in [0.1, 0.15) is 5.78 Å². The number of hydrogen-bond donors (Lipinski definition) is 0. The number of ketones is 1. The van der Waals surface area contributed by atoms with E-state index >= 15 is 0 Å². The predicted octanol–water partition coefficient (Wildman–Crippen LogP) is 1.34. The van der Waals surface area contributed by atoms with Crippen LogP contribution in [0.25, 0.3) is 0 Å². The molecule has 0 spiro atoms. The van der Waals surface area contributed by atoms with E-state index in [-0.39, 0.29) is 12.4 Å². The molecular weight excluding hydrogens is 162 g/mol. The van der Waals surface area contributed by atoms with Crippen LogP contribution in [0.2, 0.25) is 0 Å². The quantitative estimate of drug-likeness (QED) is 0.557. The molecule has 66 valence electrons. The summed E-state index contributed by atoms with van der Waals surface area (Å²) in [6, 6.07) is 0.567. The fourth-order valence-electron chi connectivity index (χ4n) is 1.45. The van der Waals surface area contributed by atoms with E-state index in [2.05, 4.69) is 18.7 Å². The second kappa shape index (κ2) is 4.07. The summed E-state index contributed by atoms with van der Waals surface area (Å²) in [5.41, 5.74) is 0. The zero-order chi connectivity index (χ0) is 7.72. The molecule has 2 nitrogen and oxygen atoms in total. The van der Waals surface area contributed by atoms with Crippen LogP contribution < -0.4 is 0 Å². The Morgan fingerprint density at radius 1 is 1.45 bits per heavy atom. The molecular formula is C8H16ClNO. The van der Waals surface area contributed by atoms with Crippen LogP contribution in [0.3, 0.4) is 0 Å². The molecule has 11 heavy (non-hydrogen) atoms. The van der Waals surface area contributed by atoms with E-state index in [9.17, 15) is 4.79 Å². The average molecular weight is 178 g/mol. The number of nitrogens with zero attached hydrogens (tertiary/aromatic N) is 1. The highest BCUT2D eigenvalue weighted by Gasteiger charge is 2.26. The minimum absolute atomic E-state index is 0. The predicted molar refractivity (Wildman–Crippen MR) is 48.1 cm³/mol. The van der Waals surface area contributed by atoms with Gasteiger partial charge in [0.2, 0.25) is 0 Å². The highest BCUT2D eigenvalue weighted by atomic mass is 35.5. The van der Waals surface area contributed by atoms with Crippen LogP contribution in [0.5, 0.6) is 0 Å². The van der Waals surface area contributed by atoms with Crippen LogP contribution in [0.1, 0.15) is 20.3 Å². The molecule has 0 aromatic rings. The van der Waals surface area contributed by atoms with Crippen molar-refractivity contribution in [3.8, 4) is 0 Å². The van der Waals surface area contributed by atoms with E-state index in [0.29, 0.717) is 24.3 Å². The van der Waals surface area contributed by atoms with Crippen LogP contribution in [0.4, 0.5) is 0 Å². The monoisotopic (exact) mass is 177 g/mol. The van der Waals surface area contributed by atoms with Gasteiger partial charge in [-0.05, 0) is 19.9 Å². The molecule has 1 saturated heterocycles. The van der Waals surface area contributed by atoms with E-state index in [0.717, 1.165) is 6.42 Å². The molecule has 0 amide bonds. The first-order chi connectivity index (χ1) is 4.61. The number of carbonyl (C=O) groups is 1. The van der Waals surface area contributed by atoms with E-state index in [1.54, 1.807) is 0 Å². The number of likely N-dealkylation sites (tertiary alicyclic amines) is 1. The zero-order valence-corrected chi connectivity index (χ0v) is 8.15. The lowest BCUT2D eigenvalue weighted by Gasteiger charge is -2.33. The highest BCUT2D eigenvalue weighted by molar-refractivity contribution is 5.85. The van der Waals surface area contributed by atoms with Crippen LogP contribution in [0, 0.1) is 5.92 Å². The summed E-state index contributed by atoms with van der Waals surface area (Å²) < 4.78 is 0. The molecule has 1 heterocycles. The van der Waals surface area contributed by atoms with Crippen molar-refractivity contribution in [3.05, 3.63) is 0 Å². The molecule has 1 fully saturated rings. The van der Waals surface area contributed by atoms with E-state index in [1.165, 1.54) is 0 Å². The number of rotatable bonds is 0. The van der Waals surface area contributed by atoms with Crippen molar-refractivity contribution in [2.75, 3.05) is 13.6 Å². The number of Topliss-reactive ketones (excluding diaryl/α,β-unsaturated/α-hetero) is 1. The molecule has 0 aromatic heterocycles. The van der Waals surface area contributed by atoms with Crippen molar-refractivity contribution < 1.29 is 4.79 Å². The van der Waals surface area contributed by atoms with Gasteiger partial charge in [-0.15, -0.1) is 12.4 Å². The summed E-state index contributed by atoms with van der Waals surface area (Å²) >= 11 is 0. The van der Waals surface area contributed by atoms with Crippen LogP contribution >= 0.6 is 12.4 Å². The first kappa shape index (κ1) is 10.9. The maximum atomic E-state index is 11.0. The second-order valence-corrected chi connectivity index (χ2v) is 3.38. The normalized spacial score (nSPS) is 33.2. The summed E-state index contributed by atoms with van der Waals surface area (Å²) in [4.78, 5) is 13.1. The molecule has 1 aliphatic heterocycles. The number of hydrogen-bond acceptors (Lipinski definition) is 2. The minimum Gasteiger partial charge on any atom is -0.298 e. The Balaban J connectivity index is 0.000001000. The summed E-state index contributed by atoms with van der Waals surface area (Å²) in [5.74, 6) is 0.916. The Kier molecular flexibility index (Phi) is 4.04. The maximum Gasteiger partial charge on any atom is 0.147 e. The molecule has 2 unspecified atom stereocenters. The third-order valence-corrected chi connectivity index (χ3v) is 2.49. The zero-order valence-electron chi connectivity index (χ0n) is 7.33. The number of carbonyl (C=O) groups excluding carboxylic acids is 1. The summed E-state index contributed by atoms with van der Waals surface area (Å²) in [5, 5.41) is 0. The maximum absolute atomic E-state index is 11.0. The molecule has 1 aliphatic rings.